The molecule has 0 amide bonds. The van der Waals surface area contributed by atoms with Crippen LogP contribution in [0.1, 0.15) is 60.3 Å². The molecule has 1 heterocycles. The zero-order valence-corrected chi connectivity index (χ0v) is 17.9. The van der Waals surface area contributed by atoms with E-state index in [0.29, 0.717) is 36.5 Å². The minimum Gasteiger partial charge on any atom is -0.489 e. The van der Waals surface area contributed by atoms with Crippen molar-refractivity contribution in [2.45, 2.75) is 57.3 Å². The summed E-state index contributed by atoms with van der Waals surface area (Å²) in [7, 11) is 0. The maximum absolute atomic E-state index is 13.7. The molecule has 0 bridgehead atoms. The maximum Gasteiger partial charge on any atom is 0.416 e. The number of aliphatic carboxylic acids is 1. The fraction of sp³-hybridized carbons (Fsp3) is 0.480. The minimum atomic E-state index is -4.37. The van der Waals surface area contributed by atoms with Crippen molar-refractivity contribution in [3.63, 3.8) is 0 Å². The molecule has 2 aliphatic rings. The van der Waals surface area contributed by atoms with Gasteiger partial charge in [0.15, 0.2) is 0 Å². The van der Waals surface area contributed by atoms with E-state index in [9.17, 15) is 18.0 Å². The van der Waals surface area contributed by atoms with Crippen LogP contribution in [-0.4, -0.2) is 29.1 Å². The van der Waals surface area contributed by atoms with Crippen molar-refractivity contribution in [3.8, 4) is 5.75 Å². The lowest BCUT2D eigenvalue weighted by atomic mass is 9.81. The molecule has 0 radical (unpaired) electrons. The molecule has 0 atom stereocenters. The lowest BCUT2D eigenvalue weighted by Crippen LogP contribution is -2.49. The maximum atomic E-state index is 13.7. The number of hydrogen-bond donors (Lipinski definition) is 1. The van der Waals surface area contributed by atoms with Crippen LogP contribution in [0.25, 0.3) is 0 Å². The fourth-order valence-electron chi connectivity index (χ4n) is 4.68. The average molecular weight is 447 g/mol. The van der Waals surface area contributed by atoms with Gasteiger partial charge < -0.3 is 9.84 Å². The molecule has 172 valence electrons. The second-order valence-corrected chi connectivity index (χ2v) is 8.92. The fourth-order valence-corrected chi connectivity index (χ4v) is 4.68. The first kappa shape index (κ1) is 22.6. The van der Waals surface area contributed by atoms with Crippen LogP contribution in [0, 0.1) is 5.92 Å². The summed E-state index contributed by atoms with van der Waals surface area (Å²) < 4.78 is 46.9. The van der Waals surface area contributed by atoms with E-state index in [1.54, 1.807) is 24.3 Å². The highest BCUT2D eigenvalue weighted by molar-refractivity contribution is 5.71. The molecule has 1 aliphatic carbocycles. The summed E-state index contributed by atoms with van der Waals surface area (Å²) in [5, 5.41) is 8.94. The van der Waals surface area contributed by atoms with Gasteiger partial charge in [0.1, 0.15) is 12.4 Å². The minimum absolute atomic E-state index is 0.0138. The molecule has 32 heavy (non-hydrogen) atoms. The van der Waals surface area contributed by atoms with Crippen molar-refractivity contribution in [1.82, 2.24) is 4.90 Å². The second kappa shape index (κ2) is 9.53. The van der Waals surface area contributed by atoms with Gasteiger partial charge in [-0.1, -0.05) is 43.5 Å². The predicted molar refractivity (Wildman–Crippen MR) is 114 cm³/mol. The number of hydrogen-bond acceptors (Lipinski definition) is 3. The van der Waals surface area contributed by atoms with Crippen LogP contribution in [0.3, 0.4) is 0 Å². The van der Waals surface area contributed by atoms with Gasteiger partial charge in [0, 0.05) is 19.6 Å². The van der Waals surface area contributed by atoms with Crippen LogP contribution in [0.4, 0.5) is 13.2 Å². The van der Waals surface area contributed by atoms with Gasteiger partial charge in [-0.25, -0.2) is 0 Å². The molecule has 1 saturated heterocycles. The molecule has 1 aliphatic heterocycles. The Labute approximate surface area is 186 Å². The van der Waals surface area contributed by atoms with E-state index in [0.717, 1.165) is 37.7 Å². The Hall–Kier alpha value is -2.54. The molecule has 2 fully saturated rings. The van der Waals surface area contributed by atoms with Gasteiger partial charge in [0.2, 0.25) is 0 Å². The van der Waals surface area contributed by atoms with Crippen molar-refractivity contribution >= 4 is 5.97 Å². The number of carboxylic acid groups (broad SMARTS) is 1. The van der Waals surface area contributed by atoms with Crippen molar-refractivity contribution in [3.05, 3.63) is 64.7 Å². The number of nitrogens with zero attached hydrogens (tertiary/aromatic N) is 1. The smallest absolute Gasteiger partial charge is 0.416 e. The Kier molecular flexibility index (Phi) is 6.74. The standard InChI is InChI=1S/C25H28F3NO3/c26-25(27,28)23-12-18(8-11-22(23)19-4-2-1-3-5-19)16-32-21-9-6-17(7-10-21)13-29-14-20(15-29)24(30)31/h6-12,19-20H,1-5,13-16H2,(H,30,31). The van der Waals surface area contributed by atoms with Crippen LogP contribution in [0.15, 0.2) is 42.5 Å². The van der Waals surface area contributed by atoms with Crippen LogP contribution in [-0.2, 0) is 24.1 Å². The van der Waals surface area contributed by atoms with Gasteiger partial charge in [0.05, 0.1) is 11.5 Å². The van der Waals surface area contributed by atoms with Crippen LogP contribution in [0.5, 0.6) is 5.75 Å². The van der Waals surface area contributed by atoms with E-state index in [2.05, 4.69) is 4.90 Å². The van der Waals surface area contributed by atoms with Crippen molar-refractivity contribution in [2.75, 3.05) is 13.1 Å². The van der Waals surface area contributed by atoms with Gasteiger partial charge in [0.25, 0.3) is 0 Å². The molecule has 7 heteroatoms. The first-order chi connectivity index (χ1) is 15.3. The molecule has 0 spiro atoms. The third-order valence-electron chi connectivity index (χ3n) is 6.51. The van der Waals surface area contributed by atoms with Crippen LogP contribution >= 0.6 is 0 Å². The van der Waals surface area contributed by atoms with Gasteiger partial charge in [-0.3, -0.25) is 9.69 Å². The monoisotopic (exact) mass is 447 g/mol. The van der Waals surface area contributed by atoms with E-state index >= 15 is 0 Å². The Morgan fingerprint density at radius 1 is 1.00 bits per heavy atom. The quantitative estimate of drug-likeness (QED) is 0.579. The Bertz CT molecular complexity index is 930. The van der Waals surface area contributed by atoms with Crippen molar-refractivity contribution in [2.24, 2.45) is 5.92 Å². The third-order valence-corrected chi connectivity index (χ3v) is 6.51. The number of alkyl halides is 3. The molecular weight excluding hydrogens is 419 g/mol. The number of likely N-dealkylation sites (tertiary alicyclic amines) is 1. The van der Waals surface area contributed by atoms with Gasteiger partial charge in [-0.15, -0.1) is 0 Å². The van der Waals surface area contributed by atoms with E-state index in [4.69, 9.17) is 9.84 Å². The first-order valence-corrected chi connectivity index (χ1v) is 11.2. The number of ether oxygens (including phenoxy) is 1. The number of carboxylic acids is 1. The SMILES string of the molecule is O=C(O)C1CN(Cc2ccc(OCc3ccc(C4CCCCC4)c(C(F)(F)F)c3)cc2)C1. The first-order valence-electron chi connectivity index (χ1n) is 11.2. The number of carbonyl (C=O) groups is 1. The molecule has 2 aromatic rings. The molecular formula is C25H28F3NO3. The molecule has 1 saturated carbocycles. The van der Waals surface area contributed by atoms with E-state index in [1.165, 1.54) is 6.07 Å². The lowest BCUT2D eigenvalue weighted by molar-refractivity contribution is -0.147. The Morgan fingerprint density at radius 3 is 2.28 bits per heavy atom. The van der Waals surface area contributed by atoms with E-state index < -0.39 is 17.7 Å². The lowest BCUT2D eigenvalue weighted by Gasteiger charge is -2.36. The Balaban J connectivity index is 1.36. The third kappa shape index (κ3) is 5.44. The highest BCUT2D eigenvalue weighted by Gasteiger charge is 2.36. The van der Waals surface area contributed by atoms with E-state index in [-0.39, 0.29) is 18.4 Å². The van der Waals surface area contributed by atoms with Crippen LogP contribution < -0.4 is 4.74 Å². The second-order valence-electron chi connectivity index (χ2n) is 8.92. The average Bonchev–Trinajstić information content (AvgIpc) is 2.75. The molecule has 4 nitrogen and oxygen atoms in total. The summed E-state index contributed by atoms with van der Waals surface area (Å²) >= 11 is 0. The van der Waals surface area contributed by atoms with Gasteiger partial charge in [-0.05, 0) is 53.6 Å². The van der Waals surface area contributed by atoms with Crippen LogP contribution in [0.2, 0.25) is 0 Å². The van der Waals surface area contributed by atoms with Gasteiger partial charge in [-0.2, -0.15) is 13.2 Å². The molecule has 2 aromatic carbocycles. The molecule has 4 rings (SSSR count). The molecule has 0 aromatic heterocycles. The molecule has 1 N–H and O–H groups in total. The number of rotatable bonds is 7. The summed E-state index contributed by atoms with van der Waals surface area (Å²) in [6.45, 7) is 1.83. The predicted octanol–water partition coefficient (Wildman–Crippen LogP) is 5.85. The zero-order valence-electron chi connectivity index (χ0n) is 17.9. The number of halogens is 3. The topological polar surface area (TPSA) is 49.8 Å². The summed E-state index contributed by atoms with van der Waals surface area (Å²) in [4.78, 5) is 12.9. The van der Waals surface area contributed by atoms with Crippen molar-refractivity contribution in [1.29, 1.82) is 0 Å². The van der Waals surface area contributed by atoms with Crippen molar-refractivity contribution < 1.29 is 27.8 Å². The number of benzene rings is 2. The highest BCUT2D eigenvalue weighted by atomic mass is 19.4. The largest absolute Gasteiger partial charge is 0.489 e. The summed E-state index contributed by atoms with van der Waals surface area (Å²) in [5.41, 5.74) is 1.43. The summed E-state index contributed by atoms with van der Waals surface area (Å²) in [5.74, 6) is -0.472. The molecule has 0 unspecified atom stereocenters. The zero-order chi connectivity index (χ0) is 22.7. The normalized spacial score (nSPS) is 18.3. The summed E-state index contributed by atoms with van der Waals surface area (Å²) in [6.07, 6.45) is 0.338. The summed E-state index contributed by atoms with van der Waals surface area (Å²) in [6, 6.07) is 12.0. The Morgan fingerprint density at radius 2 is 1.66 bits per heavy atom. The highest BCUT2D eigenvalue weighted by Crippen LogP contribution is 2.41. The van der Waals surface area contributed by atoms with Gasteiger partial charge >= 0.3 is 12.1 Å². The van der Waals surface area contributed by atoms with E-state index in [1.807, 2.05) is 12.1 Å².